The fraction of sp³-hybridized carbons (Fsp3) is 0.0606. The Kier molecular flexibility index (Phi) is 7.06. The molecule has 0 spiro atoms. The van der Waals surface area contributed by atoms with E-state index in [0.29, 0.717) is 10.6 Å². The van der Waals surface area contributed by atoms with Crippen LogP contribution in [0.4, 0.5) is 0 Å². The van der Waals surface area contributed by atoms with Crippen molar-refractivity contribution in [1.29, 1.82) is 5.26 Å². The predicted octanol–water partition coefficient (Wildman–Crippen LogP) is 9.05. The number of hydrogen-bond acceptors (Lipinski definition) is 6. The average Bonchev–Trinajstić information content (AvgIpc) is 3.60. The molecule has 198 valence electrons. The van der Waals surface area contributed by atoms with Gasteiger partial charge in [-0.15, -0.1) is 16.2 Å². The lowest BCUT2D eigenvalue weighted by Gasteiger charge is -2.14. The number of aryl methyl sites for hydroxylation is 2. The number of nitriles is 1. The number of fused-ring (bicyclic) bond motifs is 1. The number of rotatable bonds is 6. The van der Waals surface area contributed by atoms with Crippen molar-refractivity contribution in [2.75, 3.05) is 0 Å². The maximum absolute atomic E-state index is 11.8. The number of para-hydroxylation sites is 1. The molecule has 3 aromatic carbocycles. The zero-order valence-electron chi connectivity index (χ0n) is 22.2. The number of pyridine rings is 1. The minimum Gasteiger partial charge on any atom is -0.279 e. The topological polar surface area (TPSA) is 88.1 Å². The second-order valence-electron chi connectivity index (χ2n) is 9.52. The van der Waals surface area contributed by atoms with Crippen LogP contribution < -0.4 is 0 Å². The van der Waals surface area contributed by atoms with Crippen LogP contribution in [0.25, 0.3) is 44.4 Å². The largest absolute Gasteiger partial charge is 0.334 e. The molecule has 6 nitrogen and oxygen atoms in total. The Morgan fingerprint density at radius 1 is 0.927 bits per heavy atom. The summed E-state index contributed by atoms with van der Waals surface area (Å²) >= 11 is 3.07. The number of nitroso groups, excluding NO2 is 1. The summed E-state index contributed by atoms with van der Waals surface area (Å²) in [7, 11) is 0. The summed E-state index contributed by atoms with van der Waals surface area (Å²) in [5.41, 5.74) is 8.50. The Balaban J connectivity index is 1.60. The number of thiophene rings is 1. The Morgan fingerprint density at radius 3 is 2.46 bits per heavy atom. The molecule has 0 unspecified atom stereocenters. The van der Waals surface area contributed by atoms with Gasteiger partial charge < -0.3 is 0 Å². The Morgan fingerprint density at radius 2 is 1.71 bits per heavy atom. The molecular weight excluding hydrogens is 549 g/mol. The summed E-state index contributed by atoms with van der Waals surface area (Å²) < 4.78 is 2.25. The van der Waals surface area contributed by atoms with Crippen molar-refractivity contribution in [1.82, 2.24) is 8.96 Å². The van der Waals surface area contributed by atoms with Gasteiger partial charge in [0.1, 0.15) is 16.6 Å². The van der Waals surface area contributed by atoms with Crippen molar-refractivity contribution >= 4 is 40.1 Å². The van der Waals surface area contributed by atoms with E-state index in [4.69, 9.17) is 0 Å². The van der Waals surface area contributed by atoms with Gasteiger partial charge >= 0.3 is 5.91 Å². The third-order valence-corrected chi connectivity index (χ3v) is 8.78. The van der Waals surface area contributed by atoms with E-state index in [1.54, 1.807) is 18.0 Å². The van der Waals surface area contributed by atoms with Gasteiger partial charge in [-0.25, -0.2) is 4.98 Å². The molecule has 0 N–H and O–H groups in total. The van der Waals surface area contributed by atoms with Crippen molar-refractivity contribution < 1.29 is 4.79 Å². The summed E-state index contributed by atoms with van der Waals surface area (Å²) in [6.45, 7) is 3.88. The third kappa shape index (κ3) is 4.86. The van der Waals surface area contributed by atoms with Crippen LogP contribution >= 0.6 is 23.3 Å². The summed E-state index contributed by atoms with van der Waals surface area (Å²) in [6.07, 6.45) is 0. The standard InChI is InChI=1S/C33H22N4O2S2/c1-20-10-12-24(13-11-20)41-37-29-9-4-3-8-26(29)31(27-16-17-40-30(27)19-34)32(37)23-7-5-6-22(18-23)25-14-15-28(33(38)36-39)35-21(25)2/h3-18H,1-2H3. The Bertz CT molecular complexity index is 2000. The average molecular weight is 571 g/mol. The van der Waals surface area contributed by atoms with E-state index >= 15 is 0 Å². The molecule has 41 heavy (non-hydrogen) atoms. The summed E-state index contributed by atoms with van der Waals surface area (Å²) in [6, 6.07) is 32.6. The number of nitrogens with zero attached hydrogens (tertiary/aromatic N) is 4. The van der Waals surface area contributed by atoms with Gasteiger partial charge in [0.05, 0.1) is 11.2 Å². The summed E-state index contributed by atoms with van der Waals surface area (Å²) in [4.78, 5) is 28.6. The van der Waals surface area contributed by atoms with E-state index in [1.807, 2.05) is 42.6 Å². The SMILES string of the molecule is Cc1ccc(Sn2c(-c3cccc(-c4ccc(C(=O)N=O)nc4C)c3)c(-c3ccsc3C#N)c3ccccc32)cc1. The molecule has 8 heteroatoms. The fourth-order valence-corrected chi connectivity index (χ4v) is 6.71. The van der Waals surface area contributed by atoms with Gasteiger partial charge in [-0.3, -0.25) is 8.77 Å². The van der Waals surface area contributed by atoms with Crippen LogP contribution in [0.3, 0.4) is 0 Å². The first-order chi connectivity index (χ1) is 20.0. The van der Waals surface area contributed by atoms with Gasteiger partial charge in [0.25, 0.3) is 0 Å². The van der Waals surface area contributed by atoms with Crippen LogP contribution in [0.1, 0.15) is 26.6 Å². The van der Waals surface area contributed by atoms with Crippen molar-refractivity contribution in [3.8, 4) is 39.6 Å². The minimum absolute atomic E-state index is 0.0239. The molecule has 0 aliphatic carbocycles. The second-order valence-corrected chi connectivity index (χ2v) is 11.5. The number of aromatic nitrogens is 2. The molecule has 0 saturated heterocycles. The molecule has 0 fully saturated rings. The van der Waals surface area contributed by atoms with Crippen LogP contribution in [-0.4, -0.2) is 14.9 Å². The Hall–Kier alpha value is -4.84. The fourth-order valence-electron chi connectivity index (χ4n) is 5.00. The quantitative estimate of drug-likeness (QED) is 0.186. The zero-order valence-corrected chi connectivity index (χ0v) is 23.8. The van der Waals surface area contributed by atoms with Gasteiger partial charge in [-0.1, -0.05) is 60.2 Å². The molecular formula is C33H22N4O2S2. The molecule has 0 radical (unpaired) electrons. The minimum atomic E-state index is -0.889. The zero-order chi connectivity index (χ0) is 28.5. The summed E-state index contributed by atoms with van der Waals surface area (Å²) in [5, 5.41) is 15.5. The van der Waals surface area contributed by atoms with E-state index in [2.05, 4.69) is 75.7 Å². The van der Waals surface area contributed by atoms with Crippen LogP contribution in [0, 0.1) is 30.1 Å². The van der Waals surface area contributed by atoms with Crippen molar-refractivity contribution in [3.63, 3.8) is 0 Å². The third-order valence-electron chi connectivity index (χ3n) is 6.92. The smallest absolute Gasteiger partial charge is 0.279 e. The molecule has 6 aromatic rings. The first kappa shape index (κ1) is 26.4. The molecule has 0 bridgehead atoms. The monoisotopic (exact) mass is 570 g/mol. The van der Waals surface area contributed by atoms with Crippen molar-refractivity contribution in [2.45, 2.75) is 18.7 Å². The van der Waals surface area contributed by atoms with E-state index in [-0.39, 0.29) is 5.69 Å². The van der Waals surface area contributed by atoms with Gasteiger partial charge in [0.15, 0.2) is 0 Å². The molecule has 0 saturated carbocycles. The van der Waals surface area contributed by atoms with Crippen molar-refractivity contribution in [2.24, 2.45) is 5.18 Å². The number of amides is 1. The molecule has 6 rings (SSSR count). The van der Waals surface area contributed by atoms with Crippen molar-refractivity contribution in [3.05, 3.63) is 123 Å². The van der Waals surface area contributed by atoms with Gasteiger partial charge in [-0.2, -0.15) is 5.26 Å². The number of carbonyl (C=O) groups is 1. The lowest BCUT2D eigenvalue weighted by Crippen LogP contribution is -2.00. The normalized spacial score (nSPS) is 11.0. The molecule has 0 atom stereocenters. The van der Waals surface area contributed by atoms with Crippen LogP contribution in [0.15, 0.2) is 106 Å². The highest BCUT2D eigenvalue weighted by Crippen LogP contribution is 2.46. The molecule has 3 heterocycles. The van der Waals surface area contributed by atoms with E-state index in [0.717, 1.165) is 49.3 Å². The molecule has 3 aromatic heterocycles. The second kappa shape index (κ2) is 11.0. The number of carbonyl (C=O) groups excluding carboxylic acids is 1. The van der Waals surface area contributed by atoms with E-state index in [1.165, 1.54) is 23.0 Å². The number of hydrogen-bond donors (Lipinski definition) is 0. The van der Waals surface area contributed by atoms with Crippen LogP contribution in [0.5, 0.6) is 0 Å². The predicted molar refractivity (Wildman–Crippen MR) is 166 cm³/mol. The van der Waals surface area contributed by atoms with Gasteiger partial charge in [-0.05, 0) is 73.1 Å². The Labute approximate surface area is 245 Å². The van der Waals surface area contributed by atoms with Gasteiger partial charge in [0, 0.05) is 43.4 Å². The van der Waals surface area contributed by atoms with E-state index in [9.17, 15) is 15.0 Å². The molecule has 0 aliphatic rings. The maximum atomic E-state index is 11.8. The van der Waals surface area contributed by atoms with Crippen LogP contribution in [0.2, 0.25) is 0 Å². The maximum Gasteiger partial charge on any atom is 0.334 e. The lowest BCUT2D eigenvalue weighted by molar-refractivity contribution is 0.0996. The summed E-state index contributed by atoms with van der Waals surface area (Å²) in [5.74, 6) is -0.889. The highest BCUT2D eigenvalue weighted by Gasteiger charge is 2.24. The highest BCUT2D eigenvalue weighted by atomic mass is 32.2. The van der Waals surface area contributed by atoms with Gasteiger partial charge in [0.2, 0.25) is 0 Å². The molecule has 0 aliphatic heterocycles. The number of benzene rings is 3. The molecule has 1 amide bonds. The first-order valence-electron chi connectivity index (χ1n) is 12.8. The lowest BCUT2D eigenvalue weighted by atomic mass is 9.96. The van der Waals surface area contributed by atoms with E-state index < -0.39 is 5.91 Å². The first-order valence-corrected chi connectivity index (χ1v) is 14.5. The van der Waals surface area contributed by atoms with Crippen LogP contribution in [-0.2, 0) is 0 Å². The highest BCUT2D eigenvalue weighted by molar-refractivity contribution is 7.98.